The number of nitrogens with one attached hydrogen (secondary N) is 1. The molecule has 9 heteroatoms. The van der Waals surface area contributed by atoms with Crippen molar-refractivity contribution >= 4 is 34.5 Å². The largest absolute Gasteiger partial charge is 0.391 e. The second-order valence-corrected chi connectivity index (χ2v) is 5.98. The summed E-state index contributed by atoms with van der Waals surface area (Å²) in [6.45, 7) is 2.33. The second-order valence-electron chi connectivity index (χ2n) is 4.68. The molecule has 0 aromatic carbocycles. The van der Waals surface area contributed by atoms with Gasteiger partial charge in [-0.05, 0) is 6.92 Å². The number of fused-ring (bicyclic) bond motifs is 1. The smallest absolute Gasteiger partial charge is 0.329 e. The standard InChI is InChI=1S/C13H17ClN4O3S/c1-3-4-5-18-9-10(17(2)12(21)16-11(9)20)15-13(18)22-7-8(19)6-14/h3-4,8,19H,5-7H2,1-2H3,(H,16,20,21). The van der Waals surface area contributed by atoms with Crippen LogP contribution in [0.1, 0.15) is 6.92 Å². The summed E-state index contributed by atoms with van der Waals surface area (Å²) in [5, 5.41) is 10.1. The van der Waals surface area contributed by atoms with Gasteiger partial charge in [0.1, 0.15) is 0 Å². The number of aliphatic hydroxyl groups excluding tert-OH is 1. The van der Waals surface area contributed by atoms with Crippen LogP contribution in [0.15, 0.2) is 26.9 Å². The number of thioether (sulfide) groups is 1. The number of H-pyrrole nitrogens is 1. The van der Waals surface area contributed by atoms with Crippen molar-refractivity contribution < 1.29 is 5.11 Å². The van der Waals surface area contributed by atoms with Crippen LogP contribution in [-0.2, 0) is 13.6 Å². The lowest BCUT2D eigenvalue weighted by atomic mass is 10.4. The van der Waals surface area contributed by atoms with Crippen LogP contribution in [0.2, 0.25) is 0 Å². The summed E-state index contributed by atoms with van der Waals surface area (Å²) in [5.41, 5.74) is -0.324. The molecule has 2 heterocycles. The molecule has 0 amide bonds. The van der Waals surface area contributed by atoms with Gasteiger partial charge in [0.05, 0.1) is 6.10 Å². The topological polar surface area (TPSA) is 92.9 Å². The Morgan fingerprint density at radius 2 is 2.23 bits per heavy atom. The summed E-state index contributed by atoms with van der Waals surface area (Å²) in [4.78, 5) is 30.4. The predicted molar refractivity (Wildman–Crippen MR) is 87.9 cm³/mol. The third-order valence-corrected chi connectivity index (χ3v) is 4.56. The fourth-order valence-electron chi connectivity index (χ4n) is 1.92. The molecule has 0 saturated carbocycles. The normalized spacial score (nSPS) is 13.3. The van der Waals surface area contributed by atoms with Crippen LogP contribution in [-0.4, -0.2) is 41.9 Å². The van der Waals surface area contributed by atoms with Crippen LogP contribution in [0.5, 0.6) is 0 Å². The summed E-state index contributed by atoms with van der Waals surface area (Å²) < 4.78 is 3.02. The number of halogens is 1. The molecule has 120 valence electrons. The fourth-order valence-corrected chi connectivity index (χ4v) is 3.09. The number of aromatic nitrogens is 4. The first-order chi connectivity index (χ1) is 10.5. The van der Waals surface area contributed by atoms with Crippen LogP contribution in [0.4, 0.5) is 0 Å². The maximum atomic E-state index is 12.1. The van der Waals surface area contributed by atoms with Gasteiger partial charge in [-0.15, -0.1) is 11.6 Å². The summed E-state index contributed by atoms with van der Waals surface area (Å²) in [7, 11) is 1.55. The summed E-state index contributed by atoms with van der Waals surface area (Å²) in [5.74, 6) is 0.482. The van der Waals surface area contributed by atoms with Gasteiger partial charge in [0.2, 0.25) is 0 Å². The Morgan fingerprint density at radius 3 is 2.86 bits per heavy atom. The van der Waals surface area contributed by atoms with E-state index in [1.807, 2.05) is 19.1 Å². The number of imidazole rings is 1. The monoisotopic (exact) mass is 344 g/mol. The van der Waals surface area contributed by atoms with Crippen LogP contribution in [0.3, 0.4) is 0 Å². The molecule has 0 saturated heterocycles. The molecule has 2 aromatic rings. The Morgan fingerprint density at radius 1 is 1.50 bits per heavy atom. The molecular formula is C13H17ClN4O3S. The fraction of sp³-hybridized carbons (Fsp3) is 0.462. The number of hydrogen-bond donors (Lipinski definition) is 2. The molecule has 7 nitrogen and oxygen atoms in total. The highest BCUT2D eigenvalue weighted by Crippen LogP contribution is 2.22. The number of aromatic amines is 1. The van der Waals surface area contributed by atoms with Crippen LogP contribution >= 0.6 is 23.4 Å². The summed E-state index contributed by atoms with van der Waals surface area (Å²) in [6, 6.07) is 0. The zero-order valence-corrected chi connectivity index (χ0v) is 13.8. The molecule has 0 spiro atoms. The van der Waals surface area contributed by atoms with Crippen LogP contribution in [0, 0.1) is 0 Å². The van der Waals surface area contributed by atoms with Crippen LogP contribution in [0.25, 0.3) is 11.2 Å². The van der Waals surface area contributed by atoms with Gasteiger partial charge in [0.15, 0.2) is 16.3 Å². The summed E-state index contributed by atoms with van der Waals surface area (Å²) >= 11 is 6.88. The molecule has 2 rings (SSSR count). The third kappa shape index (κ3) is 3.29. The van der Waals surface area contributed by atoms with E-state index in [9.17, 15) is 14.7 Å². The van der Waals surface area contributed by atoms with E-state index in [1.54, 1.807) is 11.6 Å². The van der Waals surface area contributed by atoms with E-state index in [0.29, 0.717) is 28.6 Å². The van der Waals surface area contributed by atoms with Gasteiger partial charge in [0, 0.05) is 25.2 Å². The lowest BCUT2D eigenvalue weighted by Crippen LogP contribution is -2.29. The lowest BCUT2D eigenvalue weighted by Gasteiger charge is -2.07. The van der Waals surface area contributed by atoms with Crippen molar-refractivity contribution in [2.45, 2.75) is 24.7 Å². The van der Waals surface area contributed by atoms with Crippen molar-refractivity contribution in [1.82, 2.24) is 19.1 Å². The predicted octanol–water partition coefficient (Wildman–Crippen LogP) is 0.691. The molecule has 1 atom stereocenters. The minimum absolute atomic E-state index is 0.126. The zero-order chi connectivity index (χ0) is 16.3. The van der Waals surface area contributed by atoms with Crippen molar-refractivity contribution in [3.63, 3.8) is 0 Å². The first-order valence-electron chi connectivity index (χ1n) is 6.67. The molecule has 22 heavy (non-hydrogen) atoms. The van der Waals surface area contributed by atoms with Gasteiger partial charge in [0.25, 0.3) is 5.56 Å². The Hall–Kier alpha value is -1.51. The molecular weight excluding hydrogens is 328 g/mol. The highest BCUT2D eigenvalue weighted by Gasteiger charge is 2.17. The van der Waals surface area contributed by atoms with Gasteiger partial charge in [-0.3, -0.25) is 14.3 Å². The van der Waals surface area contributed by atoms with E-state index in [1.165, 1.54) is 16.3 Å². The molecule has 0 aliphatic heterocycles. The maximum Gasteiger partial charge on any atom is 0.329 e. The zero-order valence-electron chi connectivity index (χ0n) is 12.2. The molecule has 2 aromatic heterocycles. The maximum absolute atomic E-state index is 12.1. The Balaban J connectivity index is 2.59. The minimum atomic E-state index is -0.663. The van der Waals surface area contributed by atoms with E-state index in [0.717, 1.165) is 0 Å². The molecule has 2 N–H and O–H groups in total. The first kappa shape index (κ1) is 16.9. The molecule has 1 unspecified atom stereocenters. The average Bonchev–Trinajstić information content (AvgIpc) is 2.87. The van der Waals surface area contributed by atoms with Gasteiger partial charge >= 0.3 is 5.69 Å². The number of rotatable bonds is 6. The lowest BCUT2D eigenvalue weighted by molar-refractivity contribution is 0.223. The van der Waals surface area contributed by atoms with Gasteiger partial charge < -0.3 is 9.67 Å². The molecule has 0 radical (unpaired) electrons. The van der Waals surface area contributed by atoms with Crippen LogP contribution < -0.4 is 11.2 Å². The van der Waals surface area contributed by atoms with Crippen molar-refractivity contribution in [2.75, 3.05) is 11.6 Å². The Bertz CT molecular complexity index is 808. The number of nitrogens with zero attached hydrogens (tertiary/aromatic N) is 3. The van der Waals surface area contributed by atoms with Crippen molar-refractivity contribution in [3.05, 3.63) is 33.0 Å². The number of alkyl halides is 1. The average molecular weight is 345 g/mol. The molecule has 0 bridgehead atoms. The Labute approximate surface area is 135 Å². The SMILES string of the molecule is CC=CCn1c(SCC(O)CCl)nc2c1c(=O)[nH]c(=O)n2C. The minimum Gasteiger partial charge on any atom is -0.391 e. The van der Waals surface area contributed by atoms with E-state index >= 15 is 0 Å². The molecule has 0 fully saturated rings. The first-order valence-corrected chi connectivity index (χ1v) is 8.19. The number of allylic oxidation sites excluding steroid dienone is 2. The third-order valence-electron chi connectivity index (χ3n) is 3.08. The molecule has 0 aliphatic rings. The van der Waals surface area contributed by atoms with E-state index in [2.05, 4.69) is 9.97 Å². The second kappa shape index (κ2) is 7.17. The van der Waals surface area contributed by atoms with E-state index in [4.69, 9.17) is 11.6 Å². The molecule has 0 aliphatic carbocycles. The van der Waals surface area contributed by atoms with Crippen molar-refractivity contribution in [2.24, 2.45) is 7.05 Å². The highest BCUT2D eigenvalue weighted by atomic mass is 35.5. The highest BCUT2D eigenvalue weighted by molar-refractivity contribution is 7.99. The van der Waals surface area contributed by atoms with Crippen molar-refractivity contribution in [1.29, 1.82) is 0 Å². The summed E-state index contributed by atoms with van der Waals surface area (Å²) in [6.07, 6.45) is 3.08. The number of aryl methyl sites for hydroxylation is 1. The van der Waals surface area contributed by atoms with E-state index < -0.39 is 17.4 Å². The quantitative estimate of drug-likeness (QED) is 0.457. The van der Waals surface area contributed by atoms with E-state index in [-0.39, 0.29) is 5.88 Å². The van der Waals surface area contributed by atoms with Gasteiger partial charge in [-0.25, -0.2) is 9.78 Å². The van der Waals surface area contributed by atoms with Gasteiger partial charge in [-0.2, -0.15) is 0 Å². The van der Waals surface area contributed by atoms with Crippen molar-refractivity contribution in [3.8, 4) is 0 Å². The van der Waals surface area contributed by atoms with Gasteiger partial charge in [-0.1, -0.05) is 23.9 Å². The Kier molecular flexibility index (Phi) is 5.49. The number of aliphatic hydroxyl groups is 1. The number of hydrogen-bond acceptors (Lipinski definition) is 5.